The summed E-state index contributed by atoms with van der Waals surface area (Å²) in [6.45, 7) is 2.76. The normalized spacial score (nSPS) is 11.0. The van der Waals surface area contributed by atoms with Gasteiger partial charge in [0.05, 0.1) is 12.0 Å². The molecule has 2 heterocycles. The van der Waals surface area contributed by atoms with E-state index < -0.39 is 0 Å². The second kappa shape index (κ2) is 7.79. The van der Waals surface area contributed by atoms with E-state index in [-0.39, 0.29) is 0 Å². The van der Waals surface area contributed by atoms with E-state index in [2.05, 4.69) is 93.9 Å². The number of nitrogens with one attached hydrogen (secondary N) is 1. The molecule has 0 aliphatic carbocycles. The van der Waals surface area contributed by atoms with Gasteiger partial charge >= 0.3 is 0 Å². The maximum absolute atomic E-state index is 4.55. The molecule has 5 aromatic rings. The van der Waals surface area contributed by atoms with E-state index in [9.17, 15) is 0 Å². The van der Waals surface area contributed by atoms with E-state index in [1.54, 1.807) is 18.9 Å². The molecule has 5 rings (SSSR count). The Hall–Kier alpha value is -3.99. The van der Waals surface area contributed by atoms with Crippen LogP contribution in [0, 0.1) is 6.92 Å². The predicted octanol–water partition coefficient (Wildman–Crippen LogP) is 5.40. The second-order valence-electron chi connectivity index (χ2n) is 7.25. The first-order valence-corrected chi connectivity index (χ1v) is 9.90. The summed E-state index contributed by atoms with van der Waals surface area (Å²) in [7, 11) is 0. The summed E-state index contributed by atoms with van der Waals surface area (Å²) >= 11 is 0. The van der Waals surface area contributed by atoms with Crippen LogP contribution in [0.5, 0.6) is 0 Å². The summed E-state index contributed by atoms with van der Waals surface area (Å²) < 4.78 is 1.99. The minimum absolute atomic E-state index is 0.694. The molecule has 0 unspecified atom stereocenters. The van der Waals surface area contributed by atoms with Gasteiger partial charge in [0.1, 0.15) is 12.1 Å². The Morgan fingerprint density at radius 2 is 1.73 bits per heavy atom. The summed E-state index contributed by atoms with van der Waals surface area (Å²) in [5.41, 5.74) is 5.37. The van der Waals surface area contributed by atoms with Gasteiger partial charge in [0.15, 0.2) is 0 Å². The fourth-order valence-corrected chi connectivity index (χ4v) is 3.64. The fraction of sp³-hybridized carbons (Fsp3) is 0.0800. The molecule has 1 N–H and O–H groups in total. The highest BCUT2D eigenvalue weighted by atomic mass is 15.0. The monoisotopic (exact) mass is 391 g/mol. The van der Waals surface area contributed by atoms with Crippen LogP contribution < -0.4 is 5.32 Å². The van der Waals surface area contributed by atoms with Crippen molar-refractivity contribution in [3.63, 3.8) is 0 Å². The first kappa shape index (κ1) is 18.1. The summed E-state index contributed by atoms with van der Waals surface area (Å²) in [6.07, 6.45) is 7.14. The van der Waals surface area contributed by atoms with Crippen LogP contribution in [0.15, 0.2) is 91.8 Å². The van der Waals surface area contributed by atoms with Crippen LogP contribution in [0.3, 0.4) is 0 Å². The van der Waals surface area contributed by atoms with Crippen molar-refractivity contribution in [1.29, 1.82) is 0 Å². The highest BCUT2D eigenvalue weighted by Gasteiger charge is 2.10. The Balaban J connectivity index is 1.36. The van der Waals surface area contributed by atoms with Gasteiger partial charge in [-0.15, -0.1) is 0 Å². The lowest BCUT2D eigenvalue weighted by Crippen LogP contribution is -2.05. The van der Waals surface area contributed by atoms with Crippen molar-refractivity contribution in [1.82, 2.24) is 19.5 Å². The number of hydrogen-bond donors (Lipinski definition) is 1. The van der Waals surface area contributed by atoms with Gasteiger partial charge < -0.3 is 9.88 Å². The van der Waals surface area contributed by atoms with E-state index in [1.807, 2.05) is 10.8 Å². The highest BCUT2D eigenvalue weighted by Crippen LogP contribution is 2.28. The minimum Gasteiger partial charge on any atom is -0.366 e. The van der Waals surface area contributed by atoms with Crippen LogP contribution in [0.1, 0.15) is 11.1 Å². The number of imidazole rings is 1. The molecular weight excluding hydrogens is 370 g/mol. The van der Waals surface area contributed by atoms with Crippen LogP contribution in [-0.2, 0) is 6.54 Å². The molecule has 0 amide bonds. The van der Waals surface area contributed by atoms with E-state index in [0.29, 0.717) is 6.54 Å². The molecule has 0 radical (unpaired) electrons. The third-order valence-electron chi connectivity index (χ3n) is 5.31. The van der Waals surface area contributed by atoms with E-state index in [4.69, 9.17) is 0 Å². The van der Waals surface area contributed by atoms with Crippen molar-refractivity contribution in [2.24, 2.45) is 0 Å². The number of rotatable bonds is 5. The Labute approximate surface area is 175 Å². The van der Waals surface area contributed by atoms with Gasteiger partial charge in [0, 0.05) is 35.8 Å². The van der Waals surface area contributed by atoms with Crippen LogP contribution in [0.4, 0.5) is 5.82 Å². The van der Waals surface area contributed by atoms with Crippen molar-refractivity contribution in [2.45, 2.75) is 13.5 Å². The molecule has 146 valence electrons. The van der Waals surface area contributed by atoms with Gasteiger partial charge in [0.25, 0.3) is 0 Å². The third-order valence-corrected chi connectivity index (χ3v) is 5.31. The van der Waals surface area contributed by atoms with Crippen molar-refractivity contribution in [2.75, 3.05) is 5.32 Å². The summed E-state index contributed by atoms with van der Waals surface area (Å²) in [4.78, 5) is 13.1. The molecule has 0 fully saturated rings. The quantitative estimate of drug-likeness (QED) is 0.436. The molecule has 0 aliphatic heterocycles. The van der Waals surface area contributed by atoms with Gasteiger partial charge in [-0.3, -0.25) is 0 Å². The number of anilines is 1. The SMILES string of the molecule is Cc1c(NCc2ccc(-n3ccnc3)cc2)ncnc1-c1ccc2ccccc2c1. The molecule has 2 aromatic heterocycles. The smallest absolute Gasteiger partial charge is 0.133 e. The Bertz CT molecular complexity index is 1290. The Morgan fingerprint density at radius 3 is 2.53 bits per heavy atom. The maximum atomic E-state index is 4.55. The Morgan fingerprint density at radius 1 is 0.900 bits per heavy atom. The number of aromatic nitrogens is 4. The molecule has 0 bridgehead atoms. The zero-order valence-electron chi connectivity index (χ0n) is 16.7. The zero-order valence-corrected chi connectivity index (χ0v) is 16.7. The van der Waals surface area contributed by atoms with Crippen molar-refractivity contribution >= 4 is 16.6 Å². The molecule has 3 aromatic carbocycles. The van der Waals surface area contributed by atoms with Gasteiger partial charge in [-0.1, -0.05) is 48.5 Å². The molecule has 5 heteroatoms. The van der Waals surface area contributed by atoms with E-state index in [0.717, 1.165) is 28.3 Å². The molecule has 0 aliphatic rings. The molecule has 0 atom stereocenters. The Kier molecular flexibility index (Phi) is 4.69. The summed E-state index contributed by atoms with van der Waals surface area (Å²) in [5.74, 6) is 0.854. The van der Waals surface area contributed by atoms with Gasteiger partial charge in [-0.2, -0.15) is 0 Å². The van der Waals surface area contributed by atoms with Crippen molar-refractivity contribution in [3.8, 4) is 16.9 Å². The van der Waals surface area contributed by atoms with Crippen LogP contribution >= 0.6 is 0 Å². The van der Waals surface area contributed by atoms with Crippen LogP contribution in [-0.4, -0.2) is 19.5 Å². The fourth-order valence-electron chi connectivity index (χ4n) is 3.64. The second-order valence-corrected chi connectivity index (χ2v) is 7.25. The number of benzene rings is 3. The average molecular weight is 391 g/mol. The van der Waals surface area contributed by atoms with Gasteiger partial charge in [-0.25, -0.2) is 15.0 Å². The lowest BCUT2D eigenvalue weighted by molar-refractivity contribution is 1.04. The molecule has 0 spiro atoms. The minimum atomic E-state index is 0.694. The van der Waals surface area contributed by atoms with E-state index >= 15 is 0 Å². The van der Waals surface area contributed by atoms with Crippen LogP contribution in [0.25, 0.3) is 27.7 Å². The lowest BCUT2D eigenvalue weighted by Gasteiger charge is -2.12. The number of nitrogens with zero attached hydrogens (tertiary/aromatic N) is 4. The largest absolute Gasteiger partial charge is 0.366 e. The first-order valence-electron chi connectivity index (χ1n) is 9.90. The third kappa shape index (κ3) is 3.53. The molecule has 30 heavy (non-hydrogen) atoms. The van der Waals surface area contributed by atoms with Crippen molar-refractivity contribution < 1.29 is 0 Å². The topological polar surface area (TPSA) is 55.6 Å². The van der Waals surface area contributed by atoms with E-state index in [1.165, 1.54) is 16.3 Å². The summed E-state index contributed by atoms with van der Waals surface area (Å²) in [5, 5.41) is 5.90. The van der Waals surface area contributed by atoms with Gasteiger partial charge in [0.2, 0.25) is 0 Å². The molecule has 0 saturated carbocycles. The lowest BCUT2D eigenvalue weighted by atomic mass is 10.0. The van der Waals surface area contributed by atoms with Crippen LogP contribution in [0.2, 0.25) is 0 Å². The first-order chi connectivity index (χ1) is 14.8. The highest BCUT2D eigenvalue weighted by molar-refractivity contribution is 5.87. The average Bonchev–Trinajstić information content (AvgIpc) is 3.33. The predicted molar refractivity (Wildman–Crippen MR) is 121 cm³/mol. The number of hydrogen-bond acceptors (Lipinski definition) is 4. The molecular formula is C25H21N5. The van der Waals surface area contributed by atoms with Gasteiger partial charge in [-0.05, 0) is 41.5 Å². The summed E-state index contributed by atoms with van der Waals surface area (Å²) in [6, 6.07) is 23.2. The molecule has 0 saturated heterocycles. The number of fused-ring (bicyclic) bond motifs is 1. The molecule has 5 nitrogen and oxygen atoms in total. The zero-order chi connectivity index (χ0) is 20.3. The maximum Gasteiger partial charge on any atom is 0.133 e. The standard InChI is InChI=1S/C25H21N5/c1-18-24(22-9-8-20-4-2-3-5-21(20)14-22)28-16-29-25(18)27-15-19-6-10-23(11-7-19)30-13-12-26-17-30/h2-14,16-17H,15H2,1H3,(H,27,28,29). The van der Waals surface area contributed by atoms with Crippen molar-refractivity contribution in [3.05, 3.63) is 103 Å².